The highest BCUT2D eigenvalue weighted by Crippen LogP contribution is 2.18. The SMILES string of the molecule is CC(C)N1CCC(N2CCNCCC2=O)C1. The summed E-state index contributed by atoms with van der Waals surface area (Å²) in [6.45, 7) is 9.33. The summed E-state index contributed by atoms with van der Waals surface area (Å²) in [7, 11) is 0. The van der Waals surface area contributed by atoms with E-state index in [-0.39, 0.29) is 0 Å². The zero-order chi connectivity index (χ0) is 11.5. The number of nitrogens with one attached hydrogen (secondary N) is 1. The zero-order valence-corrected chi connectivity index (χ0v) is 10.4. The first kappa shape index (κ1) is 11.9. The van der Waals surface area contributed by atoms with Gasteiger partial charge in [0.2, 0.25) is 5.91 Å². The summed E-state index contributed by atoms with van der Waals surface area (Å²) in [5.41, 5.74) is 0. The molecule has 0 spiro atoms. The van der Waals surface area contributed by atoms with Gasteiger partial charge in [0, 0.05) is 51.2 Å². The molecule has 0 aromatic carbocycles. The lowest BCUT2D eigenvalue weighted by Gasteiger charge is -2.28. The molecule has 16 heavy (non-hydrogen) atoms. The van der Waals surface area contributed by atoms with Crippen LogP contribution >= 0.6 is 0 Å². The van der Waals surface area contributed by atoms with Gasteiger partial charge in [-0.1, -0.05) is 0 Å². The Balaban J connectivity index is 1.94. The first-order valence-electron chi connectivity index (χ1n) is 6.42. The van der Waals surface area contributed by atoms with Crippen molar-refractivity contribution in [2.45, 2.75) is 38.8 Å². The molecule has 1 amide bonds. The number of carbonyl (C=O) groups is 1. The lowest BCUT2D eigenvalue weighted by atomic mass is 10.2. The third-order valence-corrected chi connectivity index (χ3v) is 3.73. The molecule has 2 aliphatic heterocycles. The van der Waals surface area contributed by atoms with Gasteiger partial charge in [0.05, 0.1) is 0 Å². The molecular weight excluding hydrogens is 202 g/mol. The molecule has 0 aliphatic carbocycles. The predicted molar refractivity (Wildman–Crippen MR) is 64.3 cm³/mol. The van der Waals surface area contributed by atoms with Crippen molar-refractivity contribution in [1.82, 2.24) is 15.1 Å². The van der Waals surface area contributed by atoms with Crippen LogP contribution in [0.15, 0.2) is 0 Å². The van der Waals surface area contributed by atoms with Crippen LogP contribution in [0.4, 0.5) is 0 Å². The molecule has 2 heterocycles. The molecule has 2 aliphatic rings. The van der Waals surface area contributed by atoms with Crippen LogP contribution in [0.1, 0.15) is 26.7 Å². The summed E-state index contributed by atoms with van der Waals surface area (Å²) in [5, 5.41) is 3.29. The minimum atomic E-state index is 0.334. The third kappa shape index (κ3) is 2.55. The van der Waals surface area contributed by atoms with Crippen LogP contribution in [0.5, 0.6) is 0 Å². The van der Waals surface area contributed by atoms with E-state index in [4.69, 9.17) is 0 Å². The molecule has 2 fully saturated rings. The van der Waals surface area contributed by atoms with E-state index in [2.05, 4.69) is 29.0 Å². The Morgan fingerprint density at radius 1 is 1.31 bits per heavy atom. The van der Waals surface area contributed by atoms with Crippen molar-refractivity contribution in [1.29, 1.82) is 0 Å². The van der Waals surface area contributed by atoms with E-state index >= 15 is 0 Å². The van der Waals surface area contributed by atoms with Gasteiger partial charge in [-0.25, -0.2) is 0 Å². The maximum Gasteiger partial charge on any atom is 0.224 e. The van der Waals surface area contributed by atoms with E-state index < -0.39 is 0 Å². The number of hydrogen-bond donors (Lipinski definition) is 1. The minimum absolute atomic E-state index is 0.334. The maximum atomic E-state index is 11.9. The average molecular weight is 225 g/mol. The van der Waals surface area contributed by atoms with Crippen molar-refractivity contribution >= 4 is 5.91 Å². The van der Waals surface area contributed by atoms with Crippen molar-refractivity contribution < 1.29 is 4.79 Å². The molecular formula is C12H23N3O. The molecule has 1 atom stereocenters. The van der Waals surface area contributed by atoms with Crippen LogP contribution in [-0.2, 0) is 4.79 Å². The largest absolute Gasteiger partial charge is 0.337 e. The summed E-state index contributed by atoms with van der Waals surface area (Å²) in [6.07, 6.45) is 1.81. The second-order valence-electron chi connectivity index (χ2n) is 5.12. The highest BCUT2D eigenvalue weighted by Gasteiger charge is 2.31. The second-order valence-corrected chi connectivity index (χ2v) is 5.12. The summed E-state index contributed by atoms with van der Waals surface area (Å²) in [4.78, 5) is 16.5. The zero-order valence-electron chi connectivity index (χ0n) is 10.4. The smallest absolute Gasteiger partial charge is 0.224 e. The molecule has 0 radical (unpaired) electrons. The number of hydrogen-bond acceptors (Lipinski definition) is 3. The molecule has 1 unspecified atom stereocenters. The molecule has 0 aromatic heterocycles. The molecule has 2 rings (SSSR count). The average Bonchev–Trinajstić information content (AvgIpc) is 2.63. The fraction of sp³-hybridized carbons (Fsp3) is 0.917. The highest BCUT2D eigenvalue weighted by molar-refractivity contribution is 5.77. The van der Waals surface area contributed by atoms with E-state index in [0.717, 1.165) is 39.1 Å². The van der Waals surface area contributed by atoms with Gasteiger partial charge in [-0.05, 0) is 20.3 Å². The third-order valence-electron chi connectivity index (χ3n) is 3.73. The molecule has 2 saturated heterocycles. The van der Waals surface area contributed by atoms with Gasteiger partial charge in [0.25, 0.3) is 0 Å². The lowest BCUT2D eigenvalue weighted by Crippen LogP contribution is -2.43. The van der Waals surface area contributed by atoms with Crippen LogP contribution in [0.3, 0.4) is 0 Å². The molecule has 4 nitrogen and oxygen atoms in total. The van der Waals surface area contributed by atoms with E-state index in [9.17, 15) is 4.79 Å². The van der Waals surface area contributed by atoms with Crippen LogP contribution in [0.2, 0.25) is 0 Å². The van der Waals surface area contributed by atoms with Crippen molar-refractivity contribution in [3.05, 3.63) is 0 Å². The minimum Gasteiger partial charge on any atom is -0.337 e. The van der Waals surface area contributed by atoms with Crippen LogP contribution in [-0.4, -0.2) is 60.5 Å². The number of carbonyl (C=O) groups excluding carboxylic acids is 1. The van der Waals surface area contributed by atoms with Gasteiger partial charge < -0.3 is 10.2 Å². The summed E-state index contributed by atoms with van der Waals surface area (Å²) < 4.78 is 0. The molecule has 92 valence electrons. The van der Waals surface area contributed by atoms with Gasteiger partial charge in [-0.15, -0.1) is 0 Å². The number of amides is 1. The first-order valence-corrected chi connectivity index (χ1v) is 6.42. The predicted octanol–water partition coefficient (Wildman–Crippen LogP) is 0.291. The summed E-state index contributed by atoms with van der Waals surface area (Å²) in [6, 6.07) is 1.06. The van der Waals surface area contributed by atoms with Gasteiger partial charge in [-0.3, -0.25) is 9.69 Å². The normalized spacial score (nSPS) is 28.8. The fourth-order valence-electron chi connectivity index (χ4n) is 2.67. The molecule has 4 heteroatoms. The van der Waals surface area contributed by atoms with Gasteiger partial charge in [0.1, 0.15) is 0 Å². The fourth-order valence-corrected chi connectivity index (χ4v) is 2.67. The Bertz CT molecular complexity index is 255. The molecule has 0 aromatic rings. The number of likely N-dealkylation sites (tertiary alicyclic amines) is 1. The second kappa shape index (κ2) is 5.15. The van der Waals surface area contributed by atoms with E-state index in [0.29, 0.717) is 24.4 Å². The van der Waals surface area contributed by atoms with Crippen molar-refractivity contribution in [3.8, 4) is 0 Å². The van der Waals surface area contributed by atoms with E-state index in [1.807, 2.05) is 0 Å². The number of nitrogens with zero attached hydrogens (tertiary/aromatic N) is 2. The van der Waals surface area contributed by atoms with Gasteiger partial charge >= 0.3 is 0 Å². The Morgan fingerprint density at radius 3 is 2.81 bits per heavy atom. The number of rotatable bonds is 2. The highest BCUT2D eigenvalue weighted by atomic mass is 16.2. The quantitative estimate of drug-likeness (QED) is 0.734. The Hall–Kier alpha value is -0.610. The van der Waals surface area contributed by atoms with Gasteiger partial charge in [0.15, 0.2) is 0 Å². The maximum absolute atomic E-state index is 11.9. The van der Waals surface area contributed by atoms with Crippen molar-refractivity contribution in [2.75, 3.05) is 32.7 Å². The van der Waals surface area contributed by atoms with E-state index in [1.165, 1.54) is 0 Å². The van der Waals surface area contributed by atoms with Gasteiger partial charge in [-0.2, -0.15) is 0 Å². The van der Waals surface area contributed by atoms with E-state index in [1.54, 1.807) is 0 Å². The molecule has 0 bridgehead atoms. The summed E-state index contributed by atoms with van der Waals surface area (Å²) >= 11 is 0. The Labute approximate surface area is 98.0 Å². The van der Waals surface area contributed by atoms with Crippen LogP contribution in [0, 0.1) is 0 Å². The van der Waals surface area contributed by atoms with Crippen molar-refractivity contribution in [2.24, 2.45) is 0 Å². The standard InChI is InChI=1S/C12H23N3O/c1-10(2)14-7-4-11(9-14)15-8-6-13-5-3-12(15)16/h10-11,13H,3-9H2,1-2H3. The monoisotopic (exact) mass is 225 g/mol. The summed E-state index contributed by atoms with van der Waals surface area (Å²) in [5.74, 6) is 0.334. The molecule has 1 N–H and O–H groups in total. The topological polar surface area (TPSA) is 35.6 Å². The lowest BCUT2D eigenvalue weighted by molar-refractivity contribution is -0.132. The van der Waals surface area contributed by atoms with Crippen LogP contribution in [0.25, 0.3) is 0 Å². The van der Waals surface area contributed by atoms with Crippen LogP contribution < -0.4 is 5.32 Å². The first-order chi connectivity index (χ1) is 7.68. The molecule has 0 saturated carbocycles. The van der Waals surface area contributed by atoms with Crippen molar-refractivity contribution in [3.63, 3.8) is 0 Å². The Kier molecular flexibility index (Phi) is 3.82. The Morgan fingerprint density at radius 2 is 2.12 bits per heavy atom.